The second kappa shape index (κ2) is 3.46. The van der Waals surface area contributed by atoms with E-state index in [2.05, 4.69) is 0 Å². The number of benzene rings is 1. The third-order valence-corrected chi connectivity index (χ3v) is 2.96. The Morgan fingerprint density at radius 3 is 2.47 bits per heavy atom. The second-order valence-electron chi connectivity index (χ2n) is 4.78. The lowest BCUT2D eigenvalue weighted by molar-refractivity contribution is -0.135. The van der Waals surface area contributed by atoms with Crippen LogP contribution in [0, 0.1) is 5.92 Å². The Bertz CT molecular complexity index is 362. The molecule has 1 aliphatic carbocycles. The van der Waals surface area contributed by atoms with Gasteiger partial charge in [0.05, 0.1) is 0 Å². The van der Waals surface area contributed by atoms with Crippen molar-refractivity contribution >= 4 is 5.78 Å². The van der Waals surface area contributed by atoms with Crippen LogP contribution in [-0.4, -0.2) is 16.5 Å². The third kappa shape index (κ3) is 2.10. The highest BCUT2D eigenvalue weighted by Gasteiger charge is 2.47. The van der Waals surface area contributed by atoms with E-state index in [-0.39, 0.29) is 11.7 Å². The van der Waals surface area contributed by atoms with Gasteiger partial charge in [0.2, 0.25) is 0 Å². The van der Waals surface area contributed by atoms with Gasteiger partial charge < -0.3 is 5.11 Å². The van der Waals surface area contributed by atoms with E-state index in [1.54, 1.807) is 13.8 Å². The average molecular weight is 204 g/mol. The van der Waals surface area contributed by atoms with Crippen LogP contribution in [0.4, 0.5) is 0 Å². The molecule has 0 spiro atoms. The van der Waals surface area contributed by atoms with Gasteiger partial charge in [-0.2, -0.15) is 0 Å². The molecule has 2 nitrogen and oxygen atoms in total. The number of carbonyl (C=O) groups is 1. The minimum atomic E-state index is -1.19. The monoisotopic (exact) mass is 204 g/mol. The Kier molecular flexibility index (Phi) is 2.39. The highest BCUT2D eigenvalue weighted by atomic mass is 16.3. The smallest absolute Gasteiger partial charge is 0.167 e. The number of carbonyl (C=O) groups excluding carboxylic acids is 1. The second-order valence-corrected chi connectivity index (χ2v) is 4.78. The van der Waals surface area contributed by atoms with Gasteiger partial charge in [0.15, 0.2) is 5.78 Å². The average Bonchev–Trinajstić information content (AvgIpc) is 2.96. The predicted octanol–water partition coefficient (Wildman–Crippen LogP) is 2.13. The highest BCUT2D eigenvalue weighted by molar-refractivity contribution is 5.91. The molecule has 2 atom stereocenters. The largest absolute Gasteiger partial charge is 0.383 e. The summed E-state index contributed by atoms with van der Waals surface area (Å²) in [6.45, 7) is 3.13. The highest BCUT2D eigenvalue weighted by Crippen LogP contribution is 2.49. The summed E-state index contributed by atoms with van der Waals surface area (Å²) >= 11 is 0. The van der Waals surface area contributed by atoms with Crippen molar-refractivity contribution in [1.29, 1.82) is 0 Å². The standard InChI is InChI=1S/C13H16O2/c1-13(2,15)12(14)11-8-10(11)9-6-4-3-5-7-9/h3-7,10-11,15H,8H2,1-2H3. The number of Topliss-reactive ketones (excluding diaryl/α,β-unsaturated/α-hetero) is 1. The van der Waals surface area contributed by atoms with Crippen molar-refractivity contribution < 1.29 is 9.90 Å². The van der Waals surface area contributed by atoms with E-state index in [1.807, 2.05) is 30.3 Å². The summed E-state index contributed by atoms with van der Waals surface area (Å²) in [6, 6.07) is 10.0. The van der Waals surface area contributed by atoms with E-state index in [1.165, 1.54) is 5.56 Å². The molecule has 0 radical (unpaired) electrons. The normalized spacial score (nSPS) is 25.0. The summed E-state index contributed by atoms with van der Waals surface area (Å²) in [5, 5.41) is 9.61. The van der Waals surface area contributed by atoms with Gasteiger partial charge in [-0.1, -0.05) is 30.3 Å². The lowest BCUT2D eigenvalue weighted by Crippen LogP contribution is -2.32. The van der Waals surface area contributed by atoms with Crippen LogP contribution in [0.15, 0.2) is 30.3 Å². The molecule has 0 heterocycles. The molecule has 0 bridgehead atoms. The predicted molar refractivity (Wildman–Crippen MR) is 58.6 cm³/mol. The number of ketones is 1. The minimum Gasteiger partial charge on any atom is -0.383 e. The Morgan fingerprint density at radius 2 is 1.93 bits per heavy atom. The van der Waals surface area contributed by atoms with Crippen LogP contribution >= 0.6 is 0 Å². The van der Waals surface area contributed by atoms with E-state index in [4.69, 9.17) is 0 Å². The quantitative estimate of drug-likeness (QED) is 0.819. The molecule has 0 aromatic heterocycles. The zero-order valence-corrected chi connectivity index (χ0v) is 9.10. The van der Waals surface area contributed by atoms with E-state index in [9.17, 15) is 9.90 Å². The van der Waals surface area contributed by atoms with Crippen molar-refractivity contribution in [1.82, 2.24) is 0 Å². The van der Waals surface area contributed by atoms with E-state index in [0.29, 0.717) is 5.92 Å². The van der Waals surface area contributed by atoms with Crippen LogP contribution in [0.3, 0.4) is 0 Å². The molecule has 0 amide bonds. The molecule has 0 aliphatic heterocycles. The topological polar surface area (TPSA) is 37.3 Å². The van der Waals surface area contributed by atoms with Crippen molar-refractivity contribution in [2.45, 2.75) is 31.8 Å². The van der Waals surface area contributed by atoms with Crippen molar-refractivity contribution in [3.8, 4) is 0 Å². The lowest BCUT2D eigenvalue weighted by Gasteiger charge is -2.15. The molecule has 1 N–H and O–H groups in total. The molecule has 15 heavy (non-hydrogen) atoms. The molecule has 2 rings (SSSR count). The summed E-state index contributed by atoms with van der Waals surface area (Å²) in [4.78, 5) is 11.8. The van der Waals surface area contributed by atoms with E-state index < -0.39 is 5.60 Å². The molecule has 1 fully saturated rings. The fourth-order valence-electron chi connectivity index (χ4n) is 2.01. The van der Waals surface area contributed by atoms with Gasteiger partial charge in [-0.15, -0.1) is 0 Å². The zero-order valence-electron chi connectivity index (χ0n) is 9.10. The maximum absolute atomic E-state index is 11.8. The number of rotatable bonds is 3. The van der Waals surface area contributed by atoms with Gasteiger partial charge in [0.1, 0.15) is 5.60 Å². The third-order valence-electron chi connectivity index (χ3n) is 2.96. The first-order valence-electron chi connectivity index (χ1n) is 5.32. The minimum absolute atomic E-state index is 0.0207. The summed E-state index contributed by atoms with van der Waals surface area (Å²) in [5.41, 5.74) is 0.0221. The van der Waals surface area contributed by atoms with E-state index >= 15 is 0 Å². The lowest BCUT2D eigenvalue weighted by atomic mass is 9.97. The molecule has 2 unspecified atom stereocenters. The summed E-state index contributed by atoms with van der Waals surface area (Å²) < 4.78 is 0. The van der Waals surface area contributed by atoms with Crippen LogP contribution in [-0.2, 0) is 4.79 Å². The van der Waals surface area contributed by atoms with Gasteiger partial charge in [0.25, 0.3) is 0 Å². The molecular weight excluding hydrogens is 188 g/mol. The molecule has 1 aromatic rings. The maximum atomic E-state index is 11.8. The molecule has 1 aromatic carbocycles. The summed E-state index contributed by atoms with van der Waals surface area (Å²) in [7, 11) is 0. The zero-order chi connectivity index (χ0) is 11.1. The molecule has 1 aliphatic rings. The SMILES string of the molecule is CC(C)(O)C(=O)C1CC1c1ccccc1. The van der Waals surface area contributed by atoms with Crippen LogP contribution in [0.25, 0.3) is 0 Å². The Labute approximate surface area is 89.9 Å². The van der Waals surface area contributed by atoms with Gasteiger partial charge >= 0.3 is 0 Å². The number of aliphatic hydroxyl groups is 1. The fourth-order valence-corrected chi connectivity index (χ4v) is 2.01. The number of hydrogen-bond donors (Lipinski definition) is 1. The van der Waals surface area contributed by atoms with Crippen LogP contribution in [0.5, 0.6) is 0 Å². The van der Waals surface area contributed by atoms with Crippen molar-refractivity contribution in [2.75, 3.05) is 0 Å². The first-order chi connectivity index (χ1) is 7.00. The molecule has 1 saturated carbocycles. The number of hydrogen-bond acceptors (Lipinski definition) is 2. The molecular formula is C13H16O2. The first kappa shape index (κ1) is 10.4. The Morgan fingerprint density at radius 1 is 1.33 bits per heavy atom. The van der Waals surface area contributed by atoms with Gasteiger partial charge in [0, 0.05) is 5.92 Å². The fraction of sp³-hybridized carbons (Fsp3) is 0.462. The molecule has 0 saturated heterocycles. The Balaban J connectivity index is 2.06. The summed E-state index contributed by atoms with van der Waals surface area (Å²) in [6.07, 6.45) is 0.882. The molecule has 80 valence electrons. The van der Waals surface area contributed by atoms with Crippen molar-refractivity contribution in [3.05, 3.63) is 35.9 Å². The molecule has 2 heteroatoms. The maximum Gasteiger partial charge on any atom is 0.167 e. The van der Waals surface area contributed by atoms with Crippen molar-refractivity contribution in [2.24, 2.45) is 5.92 Å². The first-order valence-corrected chi connectivity index (χ1v) is 5.32. The van der Waals surface area contributed by atoms with E-state index in [0.717, 1.165) is 6.42 Å². The summed E-state index contributed by atoms with van der Waals surface area (Å²) in [5.74, 6) is 0.314. The van der Waals surface area contributed by atoms with Crippen molar-refractivity contribution in [3.63, 3.8) is 0 Å². The Hall–Kier alpha value is -1.15. The van der Waals surface area contributed by atoms with Crippen LogP contribution < -0.4 is 0 Å². The van der Waals surface area contributed by atoms with Crippen LogP contribution in [0.2, 0.25) is 0 Å². The van der Waals surface area contributed by atoms with Gasteiger partial charge in [-0.25, -0.2) is 0 Å². The van der Waals surface area contributed by atoms with Crippen LogP contribution in [0.1, 0.15) is 31.7 Å². The van der Waals surface area contributed by atoms with Gasteiger partial charge in [-0.05, 0) is 31.7 Å². The van der Waals surface area contributed by atoms with Gasteiger partial charge in [-0.3, -0.25) is 4.79 Å².